The molecule has 1 atom stereocenters. The molecule has 94 valence electrons. The lowest BCUT2D eigenvalue weighted by Gasteiger charge is -2.18. The van der Waals surface area contributed by atoms with E-state index in [0.29, 0.717) is 0 Å². The number of nitrogens with two attached hydrogens (primary N) is 1. The van der Waals surface area contributed by atoms with Gasteiger partial charge in [0.2, 0.25) is 0 Å². The van der Waals surface area contributed by atoms with Crippen LogP contribution in [0.4, 0.5) is 0 Å². The van der Waals surface area contributed by atoms with Crippen molar-refractivity contribution in [2.75, 3.05) is 0 Å². The molecule has 18 heavy (non-hydrogen) atoms. The fourth-order valence-electron chi connectivity index (χ4n) is 2.79. The third-order valence-corrected chi connectivity index (χ3v) is 3.81. The molecule has 1 aromatic carbocycles. The zero-order chi connectivity index (χ0) is 12.5. The predicted octanol–water partition coefficient (Wildman–Crippen LogP) is 3.07. The maximum atomic E-state index is 6.41. The Morgan fingerprint density at radius 3 is 2.89 bits per heavy atom. The van der Waals surface area contributed by atoms with E-state index < -0.39 is 0 Å². The van der Waals surface area contributed by atoms with Crippen LogP contribution in [0, 0.1) is 0 Å². The van der Waals surface area contributed by atoms with Gasteiger partial charge >= 0.3 is 0 Å². The summed E-state index contributed by atoms with van der Waals surface area (Å²) in [5, 5.41) is 5.80. The Morgan fingerprint density at radius 2 is 2.11 bits per heavy atom. The van der Waals surface area contributed by atoms with Crippen LogP contribution in [0.2, 0.25) is 0 Å². The number of allylic oxidation sites excluding steroid dienone is 1. The van der Waals surface area contributed by atoms with Crippen molar-refractivity contribution in [3.63, 3.8) is 0 Å². The quantitative estimate of drug-likeness (QED) is 0.821. The molecule has 1 aliphatic carbocycles. The summed E-state index contributed by atoms with van der Waals surface area (Å²) < 4.78 is 1.92. The van der Waals surface area contributed by atoms with Crippen LogP contribution in [0.15, 0.2) is 35.9 Å². The maximum Gasteiger partial charge on any atom is 0.0912 e. The Kier molecular flexibility index (Phi) is 2.92. The van der Waals surface area contributed by atoms with Gasteiger partial charge in [-0.1, -0.05) is 29.8 Å². The average Bonchev–Trinajstić information content (AvgIpc) is 2.77. The van der Waals surface area contributed by atoms with Crippen LogP contribution in [0.3, 0.4) is 0 Å². The van der Waals surface area contributed by atoms with Gasteiger partial charge in [-0.2, -0.15) is 5.10 Å². The first-order valence-electron chi connectivity index (χ1n) is 6.63. The van der Waals surface area contributed by atoms with Gasteiger partial charge in [0.25, 0.3) is 0 Å². The number of aryl methyl sites for hydroxylation is 1. The molecule has 3 rings (SSSR count). The highest BCUT2D eigenvalue weighted by Crippen LogP contribution is 2.31. The lowest BCUT2D eigenvalue weighted by atomic mass is 9.92. The summed E-state index contributed by atoms with van der Waals surface area (Å²) >= 11 is 0. The van der Waals surface area contributed by atoms with Crippen LogP contribution < -0.4 is 5.73 Å². The molecule has 0 aliphatic heterocycles. The minimum atomic E-state index is -0.0450. The van der Waals surface area contributed by atoms with Crippen molar-refractivity contribution in [1.29, 1.82) is 0 Å². The summed E-state index contributed by atoms with van der Waals surface area (Å²) in [5.74, 6) is 0. The summed E-state index contributed by atoms with van der Waals surface area (Å²) in [7, 11) is 1.98. The van der Waals surface area contributed by atoms with Crippen LogP contribution in [0.5, 0.6) is 0 Å². The lowest BCUT2D eigenvalue weighted by Crippen LogP contribution is -2.16. The Bertz CT molecular complexity index is 595. The normalized spacial score (nSPS) is 17.8. The van der Waals surface area contributed by atoms with E-state index in [9.17, 15) is 0 Å². The molecule has 1 aromatic heterocycles. The predicted molar refractivity (Wildman–Crippen MR) is 74.2 cm³/mol. The molecule has 0 fully saturated rings. The third-order valence-electron chi connectivity index (χ3n) is 3.81. The summed E-state index contributed by atoms with van der Waals surface area (Å²) in [6.07, 6.45) is 7.13. The average molecular weight is 241 g/mol. The van der Waals surface area contributed by atoms with Gasteiger partial charge in [0.15, 0.2) is 0 Å². The molecule has 1 heterocycles. The molecule has 3 nitrogen and oxygen atoms in total. The molecule has 2 N–H and O–H groups in total. The molecule has 3 heteroatoms. The van der Waals surface area contributed by atoms with Crippen LogP contribution in [-0.4, -0.2) is 9.78 Å². The number of nitrogens with zero attached hydrogens (tertiary/aromatic N) is 2. The van der Waals surface area contributed by atoms with E-state index >= 15 is 0 Å². The first-order chi connectivity index (χ1) is 8.77. The van der Waals surface area contributed by atoms with Crippen LogP contribution in [-0.2, 0) is 7.05 Å². The second-order valence-electron chi connectivity index (χ2n) is 5.03. The van der Waals surface area contributed by atoms with Gasteiger partial charge in [0.05, 0.1) is 17.3 Å². The Morgan fingerprint density at radius 1 is 1.28 bits per heavy atom. The third kappa shape index (κ3) is 1.85. The molecule has 1 aliphatic rings. The molecular weight excluding hydrogens is 222 g/mol. The fourth-order valence-corrected chi connectivity index (χ4v) is 2.79. The summed E-state index contributed by atoms with van der Waals surface area (Å²) in [6.45, 7) is 0. The van der Waals surface area contributed by atoms with E-state index in [2.05, 4.69) is 29.4 Å². The molecule has 2 aromatic rings. The highest BCUT2D eigenvalue weighted by Gasteiger charge is 2.19. The van der Waals surface area contributed by atoms with Crippen molar-refractivity contribution >= 4 is 10.9 Å². The molecule has 0 saturated heterocycles. The Labute approximate surface area is 107 Å². The standard InChI is InChI=1S/C15H19N3/c1-18-13-10-6-5-9-12(13)15(17-18)14(16)11-7-3-2-4-8-11/h5-7,9-10,14H,2-4,8,16H2,1H3. The van der Waals surface area contributed by atoms with Crippen LogP contribution in [0.1, 0.15) is 37.4 Å². The molecule has 1 unspecified atom stereocenters. The van der Waals surface area contributed by atoms with Crippen molar-refractivity contribution in [3.8, 4) is 0 Å². The molecule has 0 spiro atoms. The first kappa shape index (κ1) is 11.5. The maximum absolute atomic E-state index is 6.41. The first-order valence-corrected chi connectivity index (χ1v) is 6.63. The second-order valence-corrected chi connectivity index (χ2v) is 5.03. The zero-order valence-electron chi connectivity index (χ0n) is 10.8. The molecule has 0 bridgehead atoms. The minimum absolute atomic E-state index is 0.0450. The van der Waals surface area contributed by atoms with Crippen molar-refractivity contribution in [1.82, 2.24) is 9.78 Å². The van der Waals surface area contributed by atoms with E-state index in [4.69, 9.17) is 5.73 Å². The van der Waals surface area contributed by atoms with E-state index in [1.54, 1.807) is 0 Å². The van der Waals surface area contributed by atoms with Gasteiger partial charge < -0.3 is 5.73 Å². The fraction of sp³-hybridized carbons (Fsp3) is 0.400. The number of benzene rings is 1. The minimum Gasteiger partial charge on any atom is -0.319 e. The highest BCUT2D eigenvalue weighted by atomic mass is 15.3. The summed E-state index contributed by atoms with van der Waals surface area (Å²) in [4.78, 5) is 0. The number of aromatic nitrogens is 2. The van der Waals surface area contributed by atoms with E-state index in [0.717, 1.165) is 24.1 Å². The largest absolute Gasteiger partial charge is 0.319 e. The monoisotopic (exact) mass is 241 g/mol. The van der Waals surface area contributed by atoms with Crippen molar-refractivity contribution in [3.05, 3.63) is 41.6 Å². The Hall–Kier alpha value is -1.61. The van der Waals surface area contributed by atoms with Gasteiger partial charge in [-0.25, -0.2) is 0 Å². The van der Waals surface area contributed by atoms with Crippen molar-refractivity contribution in [2.45, 2.75) is 31.7 Å². The molecule has 0 amide bonds. The van der Waals surface area contributed by atoms with Crippen molar-refractivity contribution < 1.29 is 0 Å². The van der Waals surface area contributed by atoms with Gasteiger partial charge in [-0.3, -0.25) is 4.68 Å². The van der Waals surface area contributed by atoms with Gasteiger partial charge in [0, 0.05) is 12.4 Å². The molecule has 0 radical (unpaired) electrons. The molecular formula is C15H19N3. The van der Waals surface area contributed by atoms with Crippen molar-refractivity contribution in [2.24, 2.45) is 12.8 Å². The summed E-state index contributed by atoms with van der Waals surface area (Å²) in [6, 6.07) is 8.25. The number of rotatable bonds is 2. The second kappa shape index (κ2) is 4.58. The van der Waals surface area contributed by atoms with Crippen LogP contribution >= 0.6 is 0 Å². The highest BCUT2D eigenvalue weighted by molar-refractivity contribution is 5.82. The zero-order valence-corrected chi connectivity index (χ0v) is 10.8. The summed E-state index contributed by atoms with van der Waals surface area (Å²) in [5.41, 5.74) is 9.92. The van der Waals surface area contributed by atoms with Gasteiger partial charge in [-0.15, -0.1) is 0 Å². The Balaban J connectivity index is 2.06. The lowest BCUT2D eigenvalue weighted by molar-refractivity contribution is 0.633. The van der Waals surface area contributed by atoms with Gasteiger partial charge in [0.1, 0.15) is 0 Å². The number of hydrogen-bond acceptors (Lipinski definition) is 2. The SMILES string of the molecule is Cn1nc(C(N)C2=CCCCC2)c2ccccc21. The number of hydrogen-bond donors (Lipinski definition) is 1. The smallest absolute Gasteiger partial charge is 0.0912 e. The number of fused-ring (bicyclic) bond motifs is 1. The van der Waals surface area contributed by atoms with Gasteiger partial charge in [-0.05, 0) is 31.7 Å². The van der Waals surface area contributed by atoms with E-state index in [1.165, 1.54) is 23.8 Å². The topological polar surface area (TPSA) is 43.8 Å². The van der Waals surface area contributed by atoms with E-state index in [-0.39, 0.29) is 6.04 Å². The number of para-hydroxylation sites is 1. The van der Waals surface area contributed by atoms with Crippen LogP contribution in [0.25, 0.3) is 10.9 Å². The molecule has 0 saturated carbocycles. The van der Waals surface area contributed by atoms with E-state index in [1.807, 2.05) is 17.8 Å².